The lowest BCUT2D eigenvalue weighted by Gasteiger charge is -2.32. The lowest BCUT2D eigenvalue weighted by atomic mass is 10.1. The van der Waals surface area contributed by atoms with Gasteiger partial charge in [0.05, 0.1) is 6.54 Å². The van der Waals surface area contributed by atoms with Crippen LogP contribution < -0.4 is 5.32 Å². The normalized spacial score (nSPS) is 22.3. The second-order valence-corrected chi connectivity index (χ2v) is 4.28. The lowest BCUT2D eigenvalue weighted by molar-refractivity contribution is -0.144. The average molecular weight is 245 g/mol. The van der Waals surface area contributed by atoms with E-state index >= 15 is 0 Å². The molecule has 0 radical (unpaired) electrons. The van der Waals surface area contributed by atoms with Crippen LogP contribution in [0.5, 0.6) is 0 Å². The number of amides is 2. The zero-order valence-electron chi connectivity index (χ0n) is 9.62. The molecule has 0 spiro atoms. The minimum absolute atomic E-state index is 0.0145. The van der Waals surface area contributed by atoms with Crippen LogP contribution in [0.3, 0.4) is 0 Å². The van der Waals surface area contributed by atoms with Crippen LogP contribution in [0.2, 0.25) is 0 Å². The van der Waals surface area contributed by atoms with Crippen molar-refractivity contribution >= 4 is 23.4 Å². The number of carbonyl (C=O) groups excluding carboxylic acids is 2. The highest BCUT2D eigenvalue weighted by molar-refractivity contribution is 6.25. The Morgan fingerprint density at radius 2 is 2.31 bits per heavy atom. The molecule has 5 heteroatoms. The van der Waals surface area contributed by atoms with Gasteiger partial charge in [0.25, 0.3) is 0 Å². The molecule has 0 aliphatic carbocycles. The Morgan fingerprint density at radius 3 is 2.88 bits per heavy atom. The summed E-state index contributed by atoms with van der Waals surface area (Å²) in [4.78, 5) is 24.9. The smallest absolute Gasteiger partial charge is 0.245 e. The van der Waals surface area contributed by atoms with Crippen molar-refractivity contribution in [3.8, 4) is 0 Å². The maximum Gasteiger partial charge on any atom is 0.245 e. The van der Waals surface area contributed by atoms with Crippen molar-refractivity contribution in [3.05, 3.63) is 11.1 Å². The Labute approximate surface area is 101 Å². The van der Waals surface area contributed by atoms with Crippen molar-refractivity contribution in [2.75, 3.05) is 13.1 Å². The maximum atomic E-state index is 12.0. The van der Waals surface area contributed by atoms with Crippen LogP contribution in [0.15, 0.2) is 11.1 Å². The van der Waals surface area contributed by atoms with Gasteiger partial charge < -0.3 is 10.2 Å². The Morgan fingerprint density at radius 1 is 1.62 bits per heavy atom. The maximum absolute atomic E-state index is 12.0. The van der Waals surface area contributed by atoms with E-state index in [0.717, 1.165) is 12.0 Å². The van der Waals surface area contributed by atoms with Gasteiger partial charge in [-0.15, -0.1) is 0 Å². The fraction of sp³-hybridized carbons (Fsp3) is 0.636. The van der Waals surface area contributed by atoms with Crippen molar-refractivity contribution in [2.24, 2.45) is 0 Å². The van der Waals surface area contributed by atoms with Crippen LogP contribution in [-0.4, -0.2) is 35.8 Å². The Bertz CT molecular complexity index is 315. The molecule has 0 aromatic carbocycles. The summed E-state index contributed by atoms with van der Waals surface area (Å²) in [7, 11) is 0. The second-order valence-electron chi connectivity index (χ2n) is 4.06. The molecule has 0 aromatic heterocycles. The van der Waals surface area contributed by atoms with E-state index in [2.05, 4.69) is 5.32 Å². The molecule has 0 aromatic rings. The number of rotatable bonds is 4. The molecule has 1 heterocycles. The largest absolute Gasteiger partial charge is 0.343 e. The molecule has 1 rings (SSSR count). The summed E-state index contributed by atoms with van der Waals surface area (Å²) >= 11 is 5.55. The van der Waals surface area contributed by atoms with E-state index in [1.165, 1.54) is 5.54 Å². The molecule has 1 saturated heterocycles. The number of nitrogens with one attached hydrogen (secondary N) is 1. The molecular formula is C11H17ClN2O2. The van der Waals surface area contributed by atoms with E-state index in [-0.39, 0.29) is 24.4 Å². The number of hydrogen-bond donors (Lipinski definition) is 1. The molecule has 1 N–H and O–H groups in total. The predicted octanol–water partition coefficient (Wildman–Crippen LogP) is 1.26. The van der Waals surface area contributed by atoms with Gasteiger partial charge in [0, 0.05) is 12.1 Å². The zero-order chi connectivity index (χ0) is 12.1. The number of halogens is 1. The third kappa shape index (κ3) is 3.23. The third-order valence-electron chi connectivity index (χ3n) is 2.48. The van der Waals surface area contributed by atoms with Gasteiger partial charge in [-0.2, -0.15) is 0 Å². The number of piperazine rings is 1. The van der Waals surface area contributed by atoms with Gasteiger partial charge in [-0.1, -0.05) is 24.9 Å². The Hall–Kier alpha value is -1.03. The highest BCUT2D eigenvalue weighted by Crippen LogP contribution is 2.10. The van der Waals surface area contributed by atoms with E-state index in [4.69, 9.17) is 11.6 Å². The molecule has 1 unspecified atom stereocenters. The molecular weight excluding hydrogens is 228 g/mol. The summed E-state index contributed by atoms with van der Waals surface area (Å²) < 4.78 is 0. The molecule has 1 fully saturated rings. The van der Waals surface area contributed by atoms with E-state index in [0.29, 0.717) is 13.0 Å². The van der Waals surface area contributed by atoms with Crippen LogP contribution >= 0.6 is 11.6 Å². The van der Waals surface area contributed by atoms with Crippen LogP contribution in [0.1, 0.15) is 26.7 Å². The van der Waals surface area contributed by atoms with E-state index in [9.17, 15) is 9.59 Å². The third-order valence-corrected chi connectivity index (χ3v) is 2.86. The van der Waals surface area contributed by atoms with Crippen molar-refractivity contribution in [1.29, 1.82) is 0 Å². The number of hydrogen-bond acceptors (Lipinski definition) is 2. The first-order chi connectivity index (χ1) is 7.58. The summed E-state index contributed by atoms with van der Waals surface area (Å²) in [5.74, 6) is -0.111. The molecule has 0 bridgehead atoms. The van der Waals surface area contributed by atoms with Crippen LogP contribution in [0.4, 0.5) is 0 Å². The minimum Gasteiger partial charge on any atom is -0.343 e. The molecule has 4 nitrogen and oxygen atoms in total. The highest BCUT2D eigenvalue weighted by atomic mass is 35.5. The lowest BCUT2D eigenvalue weighted by Crippen LogP contribution is -2.58. The summed E-state index contributed by atoms with van der Waals surface area (Å²) in [6.45, 7) is 4.38. The first-order valence-corrected chi connectivity index (χ1v) is 5.86. The predicted molar refractivity (Wildman–Crippen MR) is 63.0 cm³/mol. The van der Waals surface area contributed by atoms with Gasteiger partial charge in [0.2, 0.25) is 11.8 Å². The van der Waals surface area contributed by atoms with E-state index < -0.39 is 0 Å². The van der Waals surface area contributed by atoms with Crippen molar-refractivity contribution < 1.29 is 9.59 Å². The molecule has 90 valence electrons. The number of nitrogens with zero attached hydrogens (tertiary/aromatic N) is 1. The SMILES string of the molecule is CCCC1NC(=O)CN(CC(C)=CCl)C1=O. The summed E-state index contributed by atoms with van der Waals surface area (Å²) in [6.07, 6.45) is 1.56. The van der Waals surface area contributed by atoms with Gasteiger partial charge in [-0.05, 0) is 18.9 Å². The first kappa shape index (κ1) is 13.0. The monoisotopic (exact) mass is 244 g/mol. The van der Waals surface area contributed by atoms with E-state index in [1.807, 2.05) is 13.8 Å². The Kier molecular flexibility index (Phi) is 4.80. The van der Waals surface area contributed by atoms with Crippen LogP contribution in [0, 0.1) is 0 Å². The molecule has 1 aliphatic rings. The quantitative estimate of drug-likeness (QED) is 0.809. The average Bonchev–Trinajstić information content (AvgIpc) is 2.25. The van der Waals surface area contributed by atoms with Crippen molar-refractivity contribution in [1.82, 2.24) is 10.2 Å². The fourth-order valence-electron chi connectivity index (χ4n) is 1.73. The highest BCUT2D eigenvalue weighted by Gasteiger charge is 2.31. The first-order valence-electron chi connectivity index (χ1n) is 5.42. The standard InChI is InChI=1S/C11H17ClN2O2/c1-3-4-9-11(16)14(6-8(2)5-12)7-10(15)13-9/h5,9H,3-4,6-7H2,1-2H3,(H,13,15). The van der Waals surface area contributed by atoms with Crippen molar-refractivity contribution in [3.63, 3.8) is 0 Å². The molecule has 2 amide bonds. The molecule has 1 atom stereocenters. The van der Waals surface area contributed by atoms with Crippen LogP contribution in [-0.2, 0) is 9.59 Å². The number of carbonyl (C=O) groups is 2. The van der Waals surface area contributed by atoms with Crippen molar-refractivity contribution in [2.45, 2.75) is 32.7 Å². The summed E-state index contributed by atoms with van der Waals surface area (Å²) in [5, 5.41) is 2.71. The minimum atomic E-state index is -0.366. The Balaban J connectivity index is 2.69. The van der Waals surface area contributed by atoms with Gasteiger partial charge in [-0.25, -0.2) is 0 Å². The van der Waals surface area contributed by atoms with Crippen LogP contribution in [0.25, 0.3) is 0 Å². The summed E-state index contributed by atoms with van der Waals surface area (Å²) in [6, 6.07) is -0.366. The van der Waals surface area contributed by atoms with Gasteiger partial charge in [0.1, 0.15) is 6.04 Å². The van der Waals surface area contributed by atoms with Gasteiger partial charge in [-0.3, -0.25) is 9.59 Å². The topological polar surface area (TPSA) is 49.4 Å². The summed E-state index contributed by atoms with van der Waals surface area (Å²) in [5.41, 5.74) is 2.31. The fourth-order valence-corrected chi connectivity index (χ4v) is 1.80. The van der Waals surface area contributed by atoms with Gasteiger partial charge in [0.15, 0.2) is 0 Å². The van der Waals surface area contributed by atoms with E-state index in [1.54, 1.807) is 4.90 Å². The molecule has 0 saturated carbocycles. The zero-order valence-corrected chi connectivity index (χ0v) is 10.4. The van der Waals surface area contributed by atoms with Gasteiger partial charge >= 0.3 is 0 Å². The molecule has 1 aliphatic heterocycles. The second kappa shape index (κ2) is 5.89. The molecule has 16 heavy (non-hydrogen) atoms.